The van der Waals surface area contributed by atoms with Gasteiger partial charge in [-0.25, -0.2) is 0 Å². The topological polar surface area (TPSA) is 73.6 Å². The van der Waals surface area contributed by atoms with E-state index in [0.29, 0.717) is 30.4 Å². The number of hydrogen-bond donors (Lipinski definition) is 2. The summed E-state index contributed by atoms with van der Waals surface area (Å²) in [6, 6.07) is 4.80. The molecule has 0 radical (unpaired) electrons. The molecule has 5 nitrogen and oxygen atoms in total. The molecule has 1 aliphatic heterocycles. The molecule has 110 valence electrons. The standard InChI is InChI=1S/C15H22N2O3/c1-15(2,3)13(16)14(18)17-10-5-6-11-12(9-10)20-8-4-7-19-11/h5-6,9,13H,4,7-8,16H2,1-3H3,(H,17,18)/t13-/m0/s1. The van der Waals surface area contributed by atoms with Gasteiger partial charge in [-0.05, 0) is 17.5 Å². The van der Waals surface area contributed by atoms with Crippen molar-refractivity contribution in [3.8, 4) is 11.5 Å². The molecule has 1 amide bonds. The lowest BCUT2D eigenvalue weighted by atomic mass is 9.87. The zero-order chi connectivity index (χ0) is 14.8. The van der Waals surface area contributed by atoms with Gasteiger partial charge in [-0.2, -0.15) is 0 Å². The fourth-order valence-corrected chi connectivity index (χ4v) is 1.85. The third-order valence-electron chi connectivity index (χ3n) is 3.23. The lowest BCUT2D eigenvalue weighted by molar-refractivity contribution is -0.119. The highest BCUT2D eigenvalue weighted by Crippen LogP contribution is 2.32. The van der Waals surface area contributed by atoms with Crippen molar-refractivity contribution in [1.82, 2.24) is 0 Å². The molecular formula is C15H22N2O3. The number of anilines is 1. The Morgan fingerprint density at radius 3 is 2.55 bits per heavy atom. The monoisotopic (exact) mass is 278 g/mol. The van der Waals surface area contributed by atoms with Gasteiger partial charge >= 0.3 is 0 Å². The molecule has 0 spiro atoms. The second kappa shape index (κ2) is 5.71. The van der Waals surface area contributed by atoms with E-state index in [9.17, 15) is 4.79 Å². The molecule has 1 aromatic carbocycles. The number of fused-ring (bicyclic) bond motifs is 1. The highest BCUT2D eigenvalue weighted by molar-refractivity contribution is 5.95. The van der Waals surface area contributed by atoms with Crippen molar-refractivity contribution in [2.24, 2.45) is 11.1 Å². The normalized spacial score (nSPS) is 16.2. The van der Waals surface area contributed by atoms with Crippen LogP contribution in [0.1, 0.15) is 27.2 Å². The fraction of sp³-hybridized carbons (Fsp3) is 0.533. The first kappa shape index (κ1) is 14.7. The van der Waals surface area contributed by atoms with E-state index in [1.165, 1.54) is 0 Å². The molecule has 0 fully saturated rings. The van der Waals surface area contributed by atoms with Crippen molar-refractivity contribution in [1.29, 1.82) is 0 Å². The molecule has 0 saturated carbocycles. The van der Waals surface area contributed by atoms with Gasteiger partial charge in [0.2, 0.25) is 5.91 Å². The van der Waals surface area contributed by atoms with Crippen LogP contribution in [0.4, 0.5) is 5.69 Å². The van der Waals surface area contributed by atoms with Crippen LogP contribution in [0.5, 0.6) is 11.5 Å². The zero-order valence-corrected chi connectivity index (χ0v) is 12.2. The first-order valence-electron chi connectivity index (χ1n) is 6.84. The second-order valence-electron chi connectivity index (χ2n) is 6.04. The van der Waals surface area contributed by atoms with Crippen molar-refractivity contribution in [2.75, 3.05) is 18.5 Å². The van der Waals surface area contributed by atoms with Crippen LogP contribution in [-0.4, -0.2) is 25.2 Å². The average molecular weight is 278 g/mol. The smallest absolute Gasteiger partial charge is 0.241 e. The van der Waals surface area contributed by atoms with Gasteiger partial charge in [0.25, 0.3) is 0 Å². The molecule has 2 rings (SSSR count). The molecule has 1 aliphatic rings. The van der Waals surface area contributed by atoms with Gasteiger partial charge in [0, 0.05) is 18.2 Å². The Hall–Kier alpha value is -1.75. The summed E-state index contributed by atoms with van der Waals surface area (Å²) in [5, 5.41) is 2.82. The number of ether oxygens (including phenoxy) is 2. The summed E-state index contributed by atoms with van der Waals surface area (Å²) in [5.74, 6) is 1.16. The van der Waals surface area contributed by atoms with E-state index in [0.717, 1.165) is 6.42 Å². The molecule has 1 heterocycles. The van der Waals surface area contributed by atoms with E-state index < -0.39 is 6.04 Å². The number of nitrogens with one attached hydrogen (secondary N) is 1. The summed E-state index contributed by atoms with van der Waals surface area (Å²) in [4.78, 5) is 12.1. The Morgan fingerprint density at radius 2 is 1.90 bits per heavy atom. The maximum Gasteiger partial charge on any atom is 0.241 e. The molecule has 0 saturated heterocycles. The van der Waals surface area contributed by atoms with Gasteiger partial charge < -0.3 is 20.5 Å². The van der Waals surface area contributed by atoms with Crippen LogP contribution in [0.15, 0.2) is 18.2 Å². The molecule has 0 bridgehead atoms. The minimum Gasteiger partial charge on any atom is -0.490 e. The molecule has 0 aromatic heterocycles. The lowest BCUT2D eigenvalue weighted by Crippen LogP contribution is -2.45. The van der Waals surface area contributed by atoms with Crippen LogP contribution in [0.3, 0.4) is 0 Å². The average Bonchev–Trinajstić information content (AvgIpc) is 2.61. The Morgan fingerprint density at radius 1 is 1.25 bits per heavy atom. The third-order valence-corrected chi connectivity index (χ3v) is 3.23. The Kier molecular flexibility index (Phi) is 4.18. The Labute approximate surface area is 119 Å². The van der Waals surface area contributed by atoms with Gasteiger partial charge in [-0.1, -0.05) is 20.8 Å². The summed E-state index contributed by atoms with van der Waals surface area (Å²) in [6.45, 7) is 7.07. The SMILES string of the molecule is CC(C)(C)[C@@H](N)C(=O)Nc1ccc2c(c1)OCCCO2. The maximum atomic E-state index is 12.1. The fourth-order valence-electron chi connectivity index (χ4n) is 1.85. The third kappa shape index (κ3) is 3.42. The van der Waals surface area contributed by atoms with Crippen molar-refractivity contribution < 1.29 is 14.3 Å². The van der Waals surface area contributed by atoms with Gasteiger partial charge in [-0.15, -0.1) is 0 Å². The van der Waals surface area contributed by atoms with Crippen LogP contribution in [-0.2, 0) is 4.79 Å². The Balaban J connectivity index is 2.11. The number of rotatable bonds is 2. The van der Waals surface area contributed by atoms with Gasteiger partial charge in [0.15, 0.2) is 11.5 Å². The minimum atomic E-state index is -0.571. The van der Waals surface area contributed by atoms with Crippen LogP contribution in [0, 0.1) is 5.41 Å². The van der Waals surface area contributed by atoms with Gasteiger partial charge in [-0.3, -0.25) is 4.79 Å². The molecule has 5 heteroatoms. The van der Waals surface area contributed by atoms with Gasteiger partial charge in [0.05, 0.1) is 19.3 Å². The largest absolute Gasteiger partial charge is 0.490 e. The Bertz CT molecular complexity index is 494. The van der Waals surface area contributed by atoms with Gasteiger partial charge in [0.1, 0.15) is 0 Å². The highest BCUT2D eigenvalue weighted by atomic mass is 16.5. The van der Waals surface area contributed by atoms with E-state index in [1.54, 1.807) is 18.2 Å². The first-order valence-corrected chi connectivity index (χ1v) is 6.84. The van der Waals surface area contributed by atoms with Crippen LogP contribution in [0.25, 0.3) is 0 Å². The molecule has 3 N–H and O–H groups in total. The van der Waals surface area contributed by atoms with Crippen LogP contribution in [0.2, 0.25) is 0 Å². The van der Waals surface area contributed by atoms with Crippen LogP contribution >= 0.6 is 0 Å². The van der Waals surface area contributed by atoms with Crippen molar-refractivity contribution in [2.45, 2.75) is 33.2 Å². The van der Waals surface area contributed by atoms with E-state index in [4.69, 9.17) is 15.2 Å². The molecular weight excluding hydrogens is 256 g/mol. The summed E-state index contributed by atoms with van der Waals surface area (Å²) >= 11 is 0. The van der Waals surface area contributed by atoms with E-state index in [2.05, 4.69) is 5.32 Å². The van der Waals surface area contributed by atoms with Crippen molar-refractivity contribution in [3.05, 3.63) is 18.2 Å². The second-order valence-corrected chi connectivity index (χ2v) is 6.04. The highest BCUT2D eigenvalue weighted by Gasteiger charge is 2.27. The quantitative estimate of drug-likeness (QED) is 0.869. The van der Waals surface area contributed by atoms with Crippen LogP contribution < -0.4 is 20.5 Å². The molecule has 20 heavy (non-hydrogen) atoms. The number of carbonyl (C=O) groups excluding carboxylic acids is 1. The minimum absolute atomic E-state index is 0.202. The number of nitrogens with two attached hydrogens (primary N) is 1. The number of benzene rings is 1. The maximum absolute atomic E-state index is 12.1. The van der Waals surface area contributed by atoms with Crippen molar-refractivity contribution >= 4 is 11.6 Å². The zero-order valence-electron chi connectivity index (χ0n) is 12.2. The first-order chi connectivity index (χ1) is 9.38. The van der Waals surface area contributed by atoms with Crippen molar-refractivity contribution in [3.63, 3.8) is 0 Å². The predicted octanol–water partition coefficient (Wildman–Crippen LogP) is 2.16. The summed E-state index contributed by atoms with van der Waals surface area (Å²) in [7, 11) is 0. The molecule has 1 atom stereocenters. The predicted molar refractivity (Wildman–Crippen MR) is 78.1 cm³/mol. The van der Waals surface area contributed by atoms with E-state index >= 15 is 0 Å². The van der Waals surface area contributed by atoms with E-state index in [-0.39, 0.29) is 11.3 Å². The molecule has 0 aliphatic carbocycles. The molecule has 0 unspecified atom stereocenters. The molecule has 1 aromatic rings. The van der Waals surface area contributed by atoms with E-state index in [1.807, 2.05) is 20.8 Å². The number of hydrogen-bond acceptors (Lipinski definition) is 4. The number of carbonyl (C=O) groups is 1. The number of amides is 1. The lowest BCUT2D eigenvalue weighted by Gasteiger charge is -2.25. The summed E-state index contributed by atoms with van der Waals surface area (Å²) < 4.78 is 11.1. The summed E-state index contributed by atoms with van der Waals surface area (Å²) in [5.41, 5.74) is 6.32. The summed E-state index contributed by atoms with van der Waals surface area (Å²) in [6.07, 6.45) is 0.852.